The van der Waals surface area contributed by atoms with Crippen molar-refractivity contribution in [2.75, 3.05) is 43.1 Å². The van der Waals surface area contributed by atoms with Crippen molar-refractivity contribution < 1.29 is 19.4 Å². The molecule has 0 saturated heterocycles. The molecule has 0 spiro atoms. The van der Waals surface area contributed by atoms with Gasteiger partial charge in [-0.3, -0.25) is 9.69 Å². The standard InChI is InChI=1S/C21H28N4O4/c1-2-29-20(27)11-8-17-6-9-18(10-7-17)25(15-16-26)21(28)24-14-13-23-19-5-3-4-12-22-19/h3-7,9-10,12,26H,2,8,11,13-16H2,1H3,(H,22,23)(H,24,28). The summed E-state index contributed by atoms with van der Waals surface area (Å²) in [5.41, 5.74) is 1.65. The van der Waals surface area contributed by atoms with Gasteiger partial charge in [0.15, 0.2) is 0 Å². The molecule has 0 radical (unpaired) electrons. The van der Waals surface area contributed by atoms with Crippen LogP contribution in [0.5, 0.6) is 0 Å². The molecule has 0 atom stereocenters. The number of anilines is 2. The molecule has 0 bridgehead atoms. The van der Waals surface area contributed by atoms with E-state index >= 15 is 0 Å². The van der Waals surface area contributed by atoms with E-state index in [2.05, 4.69) is 15.6 Å². The number of nitrogens with one attached hydrogen (secondary N) is 2. The van der Waals surface area contributed by atoms with E-state index < -0.39 is 0 Å². The van der Waals surface area contributed by atoms with Gasteiger partial charge in [0.2, 0.25) is 0 Å². The average molecular weight is 400 g/mol. The number of benzene rings is 1. The molecular formula is C21H28N4O4. The SMILES string of the molecule is CCOC(=O)CCc1ccc(N(CCO)C(=O)NCCNc2ccccn2)cc1. The van der Waals surface area contributed by atoms with E-state index in [1.807, 2.05) is 42.5 Å². The number of esters is 1. The quantitative estimate of drug-likeness (QED) is 0.395. The van der Waals surface area contributed by atoms with Gasteiger partial charge in [0.25, 0.3) is 0 Å². The normalized spacial score (nSPS) is 10.3. The van der Waals surface area contributed by atoms with Crippen LogP contribution in [0.1, 0.15) is 18.9 Å². The predicted octanol–water partition coefficient (Wildman–Crippen LogP) is 2.20. The number of aromatic nitrogens is 1. The van der Waals surface area contributed by atoms with Gasteiger partial charge in [-0.15, -0.1) is 0 Å². The van der Waals surface area contributed by atoms with E-state index in [9.17, 15) is 14.7 Å². The van der Waals surface area contributed by atoms with Crippen molar-refractivity contribution in [3.05, 3.63) is 54.2 Å². The third-order valence-corrected chi connectivity index (χ3v) is 4.11. The third kappa shape index (κ3) is 7.79. The van der Waals surface area contributed by atoms with Crippen molar-refractivity contribution >= 4 is 23.5 Å². The first-order chi connectivity index (χ1) is 14.1. The number of hydrogen-bond donors (Lipinski definition) is 3. The zero-order valence-corrected chi connectivity index (χ0v) is 16.6. The Kier molecular flexibility index (Phi) is 9.44. The lowest BCUT2D eigenvalue weighted by Crippen LogP contribution is -2.43. The molecule has 1 aromatic heterocycles. The van der Waals surface area contributed by atoms with Gasteiger partial charge in [0.1, 0.15) is 5.82 Å². The Morgan fingerprint density at radius 3 is 2.59 bits per heavy atom. The smallest absolute Gasteiger partial charge is 0.322 e. The van der Waals surface area contributed by atoms with Crippen LogP contribution in [0.25, 0.3) is 0 Å². The van der Waals surface area contributed by atoms with Gasteiger partial charge in [0.05, 0.1) is 19.8 Å². The summed E-state index contributed by atoms with van der Waals surface area (Å²) in [5, 5.41) is 15.3. The molecule has 156 valence electrons. The topological polar surface area (TPSA) is 104 Å². The summed E-state index contributed by atoms with van der Waals surface area (Å²) < 4.78 is 4.93. The average Bonchev–Trinajstić information content (AvgIpc) is 2.75. The predicted molar refractivity (Wildman–Crippen MR) is 112 cm³/mol. The molecular weight excluding hydrogens is 372 g/mol. The van der Waals surface area contributed by atoms with Gasteiger partial charge in [-0.25, -0.2) is 9.78 Å². The van der Waals surface area contributed by atoms with Crippen LogP contribution in [0.4, 0.5) is 16.3 Å². The largest absolute Gasteiger partial charge is 0.466 e. The molecule has 2 rings (SSSR count). The number of amides is 2. The van der Waals surface area contributed by atoms with Crippen LogP contribution in [0.2, 0.25) is 0 Å². The molecule has 1 aromatic carbocycles. The summed E-state index contributed by atoms with van der Waals surface area (Å²) in [6, 6.07) is 12.6. The fourth-order valence-electron chi connectivity index (χ4n) is 2.69. The van der Waals surface area contributed by atoms with E-state index in [0.717, 1.165) is 11.4 Å². The summed E-state index contributed by atoms with van der Waals surface area (Å²) in [6.07, 6.45) is 2.59. The van der Waals surface area contributed by atoms with Crippen LogP contribution < -0.4 is 15.5 Å². The number of carbonyl (C=O) groups excluding carboxylic acids is 2. The first-order valence-corrected chi connectivity index (χ1v) is 9.69. The van der Waals surface area contributed by atoms with E-state index in [1.54, 1.807) is 13.1 Å². The second-order valence-electron chi connectivity index (χ2n) is 6.22. The second kappa shape index (κ2) is 12.4. The summed E-state index contributed by atoms with van der Waals surface area (Å²) in [5.74, 6) is 0.518. The van der Waals surface area contributed by atoms with Crippen molar-refractivity contribution in [2.45, 2.75) is 19.8 Å². The number of nitrogens with zero attached hydrogens (tertiary/aromatic N) is 2. The number of rotatable bonds is 11. The molecule has 0 aliphatic heterocycles. The monoisotopic (exact) mass is 400 g/mol. The molecule has 3 N–H and O–H groups in total. The molecule has 29 heavy (non-hydrogen) atoms. The van der Waals surface area contributed by atoms with Crippen LogP contribution in [0.15, 0.2) is 48.7 Å². The fourth-order valence-corrected chi connectivity index (χ4v) is 2.69. The van der Waals surface area contributed by atoms with Crippen LogP contribution in [-0.4, -0.2) is 54.9 Å². The number of urea groups is 1. The molecule has 0 aliphatic rings. The van der Waals surface area contributed by atoms with Crippen molar-refractivity contribution in [2.24, 2.45) is 0 Å². The Balaban J connectivity index is 1.85. The number of aliphatic hydroxyl groups is 1. The number of ether oxygens (including phenoxy) is 1. The first-order valence-electron chi connectivity index (χ1n) is 9.69. The number of aryl methyl sites for hydroxylation is 1. The zero-order valence-electron chi connectivity index (χ0n) is 16.6. The first kappa shape index (κ1) is 22.2. The number of carbonyl (C=O) groups is 2. The molecule has 1 heterocycles. The Bertz CT molecular complexity index is 753. The zero-order chi connectivity index (χ0) is 20.9. The van der Waals surface area contributed by atoms with Crippen LogP contribution in [-0.2, 0) is 16.0 Å². The van der Waals surface area contributed by atoms with Crippen molar-refractivity contribution in [3.63, 3.8) is 0 Å². The number of pyridine rings is 1. The lowest BCUT2D eigenvalue weighted by molar-refractivity contribution is -0.143. The van der Waals surface area contributed by atoms with E-state index in [1.165, 1.54) is 4.90 Å². The van der Waals surface area contributed by atoms with Gasteiger partial charge in [0, 0.05) is 31.4 Å². The van der Waals surface area contributed by atoms with Crippen molar-refractivity contribution in [1.82, 2.24) is 10.3 Å². The van der Waals surface area contributed by atoms with Crippen molar-refractivity contribution in [3.8, 4) is 0 Å². The van der Waals surface area contributed by atoms with Gasteiger partial charge in [-0.1, -0.05) is 18.2 Å². The maximum atomic E-state index is 12.5. The lowest BCUT2D eigenvalue weighted by Gasteiger charge is -2.22. The Morgan fingerprint density at radius 1 is 1.14 bits per heavy atom. The molecule has 0 unspecified atom stereocenters. The van der Waals surface area contributed by atoms with Gasteiger partial charge in [-0.05, 0) is 43.2 Å². The highest BCUT2D eigenvalue weighted by atomic mass is 16.5. The summed E-state index contributed by atoms with van der Waals surface area (Å²) >= 11 is 0. The molecule has 2 amide bonds. The Morgan fingerprint density at radius 2 is 1.93 bits per heavy atom. The van der Waals surface area contributed by atoms with Gasteiger partial charge < -0.3 is 20.5 Å². The Labute approximate surface area is 170 Å². The van der Waals surface area contributed by atoms with E-state index in [0.29, 0.717) is 38.2 Å². The van der Waals surface area contributed by atoms with Crippen molar-refractivity contribution in [1.29, 1.82) is 0 Å². The molecule has 0 fully saturated rings. The van der Waals surface area contributed by atoms with E-state index in [-0.39, 0.29) is 25.2 Å². The lowest BCUT2D eigenvalue weighted by atomic mass is 10.1. The highest BCUT2D eigenvalue weighted by Crippen LogP contribution is 2.16. The third-order valence-electron chi connectivity index (χ3n) is 4.11. The molecule has 0 saturated carbocycles. The van der Waals surface area contributed by atoms with Gasteiger partial charge >= 0.3 is 12.0 Å². The highest BCUT2D eigenvalue weighted by molar-refractivity contribution is 5.92. The Hall–Kier alpha value is -3.13. The fraction of sp³-hybridized carbons (Fsp3) is 0.381. The molecule has 8 nitrogen and oxygen atoms in total. The van der Waals surface area contributed by atoms with E-state index in [4.69, 9.17) is 4.74 Å². The van der Waals surface area contributed by atoms with Crippen LogP contribution in [0.3, 0.4) is 0 Å². The summed E-state index contributed by atoms with van der Waals surface area (Å²) in [4.78, 5) is 29.6. The number of hydrogen-bond acceptors (Lipinski definition) is 6. The molecule has 0 aliphatic carbocycles. The van der Waals surface area contributed by atoms with Gasteiger partial charge in [-0.2, -0.15) is 0 Å². The number of aliphatic hydroxyl groups excluding tert-OH is 1. The van der Waals surface area contributed by atoms with Crippen LogP contribution >= 0.6 is 0 Å². The molecule has 8 heteroatoms. The maximum absolute atomic E-state index is 12.5. The summed E-state index contributed by atoms with van der Waals surface area (Å²) in [6.45, 7) is 3.13. The summed E-state index contributed by atoms with van der Waals surface area (Å²) in [7, 11) is 0. The maximum Gasteiger partial charge on any atom is 0.322 e. The highest BCUT2D eigenvalue weighted by Gasteiger charge is 2.15. The second-order valence-corrected chi connectivity index (χ2v) is 6.22. The van der Waals surface area contributed by atoms with Crippen LogP contribution in [0, 0.1) is 0 Å². The molecule has 2 aromatic rings. The minimum Gasteiger partial charge on any atom is -0.466 e. The minimum absolute atomic E-state index is 0.149. The minimum atomic E-state index is -0.291.